The van der Waals surface area contributed by atoms with E-state index < -0.39 is 0 Å². The van der Waals surface area contributed by atoms with E-state index in [-0.39, 0.29) is 14.1 Å². The minimum Gasteiger partial charge on any atom is -1.00 e. The highest BCUT2D eigenvalue weighted by molar-refractivity contribution is 4.83. The van der Waals surface area contributed by atoms with E-state index in [1.165, 1.54) is 0 Å². The summed E-state index contributed by atoms with van der Waals surface area (Å²) in [5, 5.41) is 0. The Morgan fingerprint density at radius 1 is 0.286 bits per heavy atom. The van der Waals surface area contributed by atoms with Gasteiger partial charge in [0.2, 0.25) is 0 Å². The normalized spacial score (nSPS) is 6.86. The van der Waals surface area contributed by atoms with Crippen molar-refractivity contribution in [3.63, 3.8) is 0 Å². The molecule has 3 rings (SSSR count). The molecule has 0 spiro atoms. The molecule has 3 N–H and O–H groups in total. The predicted molar refractivity (Wildman–Crippen MR) is 69.0 cm³/mol. The summed E-state index contributed by atoms with van der Waals surface area (Å²) in [6.07, 6.45) is 11.2. The van der Waals surface area contributed by atoms with E-state index >= 15 is 0 Å². The highest BCUT2D eigenvalue weighted by atomic mass is 19.0. The zero-order valence-corrected chi connectivity index (χ0v) is 11.3. The first-order valence-corrected chi connectivity index (χ1v) is 5.73. The van der Waals surface area contributed by atoms with Crippen LogP contribution in [-0.2, 0) is 0 Å². The first-order valence-electron chi connectivity index (χ1n) is 5.73. The van der Waals surface area contributed by atoms with Crippen LogP contribution in [0.1, 0.15) is 0 Å². The van der Waals surface area contributed by atoms with E-state index in [9.17, 15) is 0 Å². The Balaban J connectivity index is -0.000000216. The molecule has 0 bridgehead atoms. The number of pyridine rings is 3. The maximum absolute atomic E-state index is 2.89. The molecule has 0 fully saturated rings. The molecule has 0 atom stereocenters. The second kappa shape index (κ2) is 19.6. The van der Waals surface area contributed by atoms with Gasteiger partial charge in [0.1, 0.15) is 0 Å². The quantitative estimate of drug-likeness (QED) is 0.396. The zero-order chi connectivity index (χ0) is 12.7. The minimum atomic E-state index is 0. The summed E-state index contributed by atoms with van der Waals surface area (Å²) >= 11 is 0. The molecule has 0 aliphatic rings. The number of aromatic nitrogens is 3. The van der Waals surface area contributed by atoms with Crippen molar-refractivity contribution in [3.8, 4) is 0 Å². The summed E-state index contributed by atoms with van der Waals surface area (Å²) in [7, 11) is 0. The summed E-state index contributed by atoms with van der Waals surface area (Å²) in [6, 6.07) is 17.6. The van der Waals surface area contributed by atoms with Crippen LogP contribution in [0.4, 0.5) is 0 Å². The molecular formula is C15H18F3N3. The summed E-state index contributed by atoms with van der Waals surface area (Å²) in [5.74, 6) is 0. The van der Waals surface area contributed by atoms with Gasteiger partial charge in [-0.2, -0.15) is 0 Å². The largest absolute Gasteiger partial charge is 1.00 e. The molecule has 0 amide bonds. The molecule has 21 heavy (non-hydrogen) atoms. The van der Waals surface area contributed by atoms with Crippen molar-refractivity contribution in [1.82, 2.24) is 0 Å². The van der Waals surface area contributed by atoms with Gasteiger partial charge in [0.25, 0.3) is 0 Å². The summed E-state index contributed by atoms with van der Waals surface area (Å²) in [6.45, 7) is 0. The second-order valence-electron chi connectivity index (χ2n) is 3.23. The maximum atomic E-state index is 2.89. The van der Waals surface area contributed by atoms with Gasteiger partial charge in [0, 0.05) is 36.4 Å². The van der Waals surface area contributed by atoms with Crippen LogP contribution < -0.4 is 29.1 Å². The summed E-state index contributed by atoms with van der Waals surface area (Å²) < 4.78 is 0. The predicted octanol–water partition coefficient (Wildman–Crippen LogP) is -7.49. The fourth-order valence-electron chi connectivity index (χ4n) is 1.03. The van der Waals surface area contributed by atoms with Crippen molar-refractivity contribution in [2.24, 2.45) is 0 Å². The highest BCUT2D eigenvalue weighted by Gasteiger charge is 1.67. The zero-order valence-electron chi connectivity index (χ0n) is 11.3. The van der Waals surface area contributed by atoms with Crippen LogP contribution in [0, 0.1) is 0 Å². The Morgan fingerprint density at radius 3 is 0.524 bits per heavy atom. The Kier molecular flexibility index (Phi) is 21.8. The molecule has 0 unspecified atom stereocenters. The average molecular weight is 297 g/mol. The average Bonchev–Trinajstić information content (AvgIpc) is 2.54. The first kappa shape index (κ1) is 23.3. The van der Waals surface area contributed by atoms with Crippen molar-refractivity contribution in [2.45, 2.75) is 0 Å². The van der Waals surface area contributed by atoms with Crippen LogP contribution in [0.3, 0.4) is 0 Å². The number of hydrogen-bond acceptors (Lipinski definition) is 0. The van der Waals surface area contributed by atoms with Gasteiger partial charge < -0.3 is 14.1 Å². The van der Waals surface area contributed by atoms with E-state index in [2.05, 4.69) is 15.0 Å². The second-order valence-corrected chi connectivity index (χ2v) is 3.23. The molecule has 0 radical (unpaired) electrons. The van der Waals surface area contributed by atoms with Crippen molar-refractivity contribution in [1.29, 1.82) is 0 Å². The third-order valence-corrected chi connectivity index (χ3v) is 1.82. The maximum Gasteiger partial charge on any atom is 0.166 e. The van der Waals surface area contributed by atoms with E-state index in [1.54, 1.807) is 0 Å². The van der Waals surface area contributed by atoms with Gasteiger partial charge in [-0.15, -0.1) is 0 Å². The number of rotatable bonds is 0. The van der Waals surface area contributed by atoms with Gasteiger partial charge in [-0.1, -0.05) is 18.2 Å². The Labute approximate surface area is 121 Å². The van der Waals surface area contributed by atoms with Crippen LogP contribution in [-0.4, -0.2) is 0 Å². The van der Waals surface area contributed by atoms with Gasteiger partial charge in [-0.25, -0.2) is 15.0 Å². The molecule has 6 heteroatoms. The highest BCUT2D eigenvalue weighted by Crippen LogP contribution is 1.69. The Hall–Kier alpha value is -2.76. The lowest BCUT2D eigenvalue weighted by molar-refractivity contribution is -0.378. The van der Waals surface area contributed by atoms with Crippen LogP contribution in [0.25, 0.3) is 0 Å². The van der Waals surface area contributed by atoms with Crippen molar-refractivity contribution in [2.75, 3.05) is 0 Å². The molecule has 0 aliphatic carbocycles. The molecule has 3 aromatic rings. The third-order valence-electron chi connectivity index (χ3n) is 1.82. The number of H-pyrrole nitrogens is 3. The molecule has 0 aromatic carbocycles. The fourth-order valence-corrected chi connectivity index (χ4v) is 1.03. The SMILES string of the molecule is [F-].[F-].[F-].c1cc[nH+]cc1.c1cc[nH+]cc1.c1cc[nH+]cc1. The van der Waals surface area contributed by atoms with Gasteiger partial charge in [-0.3, -0.25) is 0 Å². The van der Waals surface area contributed by atoms with Crippen molar-refractivity contribution >= 4 is 0 Å². The molecular weight excluding hydrogens is 279 g/mol. The number of halogens is 3. The summed E-state index contributed by atoms with van der Waals surface area (Å²) in [4.78, 5) is 8.68. The molecule has 0 saturated carbocycles. The number of hydrogen-bond donors (Lipinski definition) is 0. The van der Waals surface area contributed by atoms with E-state index in [0.29, 0.717) is 0 Å². The van der Waals surface area contributed by atoms with Crippen molar-refractivity contribution < 1.29 is 29.1 Å². The molecule has 3 nitrogen and oxygen atoms in total. The van der Waals surface area contributed by atoms with E-state index in [0.717, 1.165) is 0 Å². The van der Waals surface area contributed by atoms with Crippen LogP contribution in [0.2, 0.25) is 0 Å². The van der Waals surface area contributed by atoms with Gasteiger partial charge >= 0.3 is 0 Å². The monoisotopic (exact) mass is 297 g/mol. The van der Waals surface area contributed by atoms with Crippen molar-refractivity contribution in [3.05, 3.63) is 91.8 Å². The molecule has 0 saturated heterocycles. The molecule has 0 aliphatic heterocycles. The fraction of sp³-hybridized carbons (Fsp3) is 0. The van der Waals surface area contributed by atoms with Crippen LogP contribution in [0.15, 0.2) is 91.8 Å². The molecule has 114 valence electrons. The van der Waals surface area contributed by atoms with Gasteiger partial charge in [-0.05, 0) is 0 Å². The topological polar surface area (TPSA) is 42.4 Å². The minimum absolute atomic E-state index is 0. The van der Waals surface area contributed by atoms with Crippen LogP contribution in [0.5, 0.6) is 0 Å². The number of aromatic amines is 3. The third kappa shape index (κ3) is 17.2. The lowest BCUT2D eigenvalue weighted by Crippen LogP contribution is -3.00. The van der Waals surface area contributed by atoms with Gasteiger partial charge in [0.05, 0.1) is 0 Å². The first-order chi connectivity index (χ1) is 9.00. The Bertz CT molecular complexity index is 315. The smallest absolute Gasteiger partial charge is 0.166 e. The van der Waals surface area contributed by atoms with E-state index in [4.69, 9.17) is 0 Å². The Morgan fingerprint density at radius 2 is 0.476 bits per heavy atom. The van der Waals surface area contributed by atoms with Gasteiger partial charge in [0.15, 0.2) is 37.2 Å². The number of nitrogens with one attached hydrogen (secondary N) is 3. The lowest BCUT2D eigenvalue weighted by Gasteiger charge is -1.63. The molecule has 3 aromatic heterocycles. The standard InChI is InChI=1S/3C5H5N.3FH/c3*1-2-4-6-5-3-1;;;/h3*1-5H;3*1H. The van der Waals surface area contributed by atoms with E-state index in [1.807, 2.05) is 91.8 Å². The summed E-state index contributed by atoms with van der Waals surface area (Å²) in [5.41, 5.74) is 0. The lowest BCUT2D eigenvalue weighted by atomic mass is 10.5. The van der Waals surface area contributed by atoms with Crippen LogP contribution >= 0.6 is 0 Å². The molecule has 3 heterocycles.